The molecule has 1 aromatic carbocycles. The Morgan fingerprint density at radius 1 is 1.30 bits per heavy atom. The molecule has 7 nitrogen and oxygen atoms in total. The fourth-order valence-corrected chi connectivity index (χ4v) is 3.78. The summed E-state index contributed by atoms with van der Waals surface area (Å²) in [7, 11) is -3.98. The predicted molar refractivity (Wildman–Crippen MR) is 84.5 cm³/mol. The van der Waals surface area contributed by atoms with E-state index in [0.717, 1.165) is 18.2 Å². The Labute approximate surface area is 151 Å². The Kier molecular flexibility index (Phi) is 4.91. The van der Waals surface area contributed by atoms with Gasteiger partial charge >= 0.3 is 12.1 Å². The van der Waals surface area contributed by atoms with E-state index in [0.29, 0.717) is 5.76 Å². The van der Waals surface area contributed by atoms with Gasteiger partial charge in [0.1, 0.15) is 17.4 Å². The van der Waals surface area contributed by atoms with E-state index < -0.39 is 40.6 Å². The van der Waals surface area contributed by atoms with Gasteiger partial charge in [-0.1, -0.05) is 0 Å². The van der Waals surface area contributed by atoms with Crippen LogP contribution in [0.3, 0.4) is 0 Å². The number of benzene rings is 1. The molecule has 0 aliphatic carbocycles. The fraction of sp³-hybridized carbons (Fsp3) is 0.312. The average molecular weight is 405 g/mol. The number of rotatable bonds is 5. The monoisotopic (exact) mass is 405 g/mol. The minimum atomic E-state index is -4.86. The largest absolute Gasteiger partial charge is 0.481 e. The highest BCUT2D eigenvalue weighted by Gasteiger charge is 2.52. The molecule has 2 aromatic rings. The maximum Gasteiger partial charge on any atom is 0.426 e. The van der Waals surface area contributed by atoms with Crippen LogP contribution in [-0.4, -0.2) is 31.8 Å². The summed E-state index contributed by atoms with van der Waals surface area (Å²) < 4.78 is 76.0. The molecule has 1 aliphatic heterocycles. The highest BCUT2D eigenvalue weighted by molar-refractivity contribution is 7.89. The van der Waals surface area contributed by atoms with Gasteiger partial charge in [0, 0.05) is 0 Å². The van der Waals surface area contributed by atoms with Crippen LogP contribution in [0.4, 0.5) is 13.2 Å². The predicted octanol–water partition coefficient (Wildman–Crippen LogP) is 2.32. The Balaban J connectivity index is 1.86. The lowest BCUT2D eigenvalue weighted by Gasteiger charge is -2.32. The lowest BCUT2D eigenvalue weighted by atomic mass is 9.90. The number of alkyl halides is 3. The molecule has 0 spiro atoms. The van der Waals surface area contributed by atoms with Crippen molar-refractivity contribution >= 4 is 16.0 Å². The Bertz CT molecular complexity index is 940. The minimum absolute atomic E-state index is 0.0729. The Hall–Kier alpha value is -2.53. The molecule has 0 bridgehead atoms. The van der Waals surface area contributed by atoms with Gasteiger partial charge in [-0.3, -0.25) is 4.79 Å². The number of sulfonamides is 1. The van der Waals surface area contributed by atoms with Crippen molar-refractivity contribution in [3.8, 4) is 5.75 Å². The van der Waals surface area contributed by atoms with Gasteiger partial charge in [-0.25, -0.2) is 13.1 Å². The fourth-order valence-electron chi connectivity index (χ4n) is 2.73. The van der Waals surface area contributed by atoms with Crippen LogP contribution < -0.4 is 9.46 Å². The van der Waals surface area contributed by atoms with Crippen molar-refractivity contribution in [2.45, 2.75) is 30.1 Å². The SMILES string of the molecule is O=C(O)C1Cc2cc(S(=O)(=O)NCc3ccco3)ccc2OC1C(F)(F)F. The quantitative estimate of drug-likeness (QED) is 0.791. The molecule has 2 atom stereocenters. The lowest BCUT2D eigenvalue weighted by molar-refractivity contribution is -0.217. The van der Waals surface area contributed by atoms with Crippen molar-refractivity contribution < 1.29 is 40.6 Å². The second-order valence-electron chi connectivity index (χ2n) is 5.90. The van der Waals surface area contributed by atoms with Crippen LogP contribution in [-0.2, 0) is 27.8 Å². The van der Waals surface area contributed by atoms with E-state index in [4.69, 9.17) is 14.3 Å². The van der Waals surface area contributed by atoms with Crippen LogP contribution in [0.15, 0.2) is 45.9 Å². The molecule has 0 radical (unpaired) electrons. The van der Waals surface area contributed by atoms with E-state index in [1.807, 2.05) is 0 Å². The molecule has 146 valence electrons. The number of carboxylic acid groups (broad SMARTS) is 1. The van der Waals surface area contributed by atoms with E-state index in [1.165, 1.54) is 6.26 Å². The number of nitrogens with one attached hydrogen (secondary N) is 1. The van der Waals surface area contributed by atoms with E-state index in [1.54, 1.807) is 12.1 Å². The number of hydrogen-bond acceptors (Lipinski definition) is 5. The molecule has 1 aliphatic rings. The van der Waals surface area contributed by atoms with Crippen LogP contribution in [0.25, 0.3) is 0 Å². The number of hydrogen-bond donors (Lipinski definition) is 2. The van der Waals surface area contributed by atoms with Crippen molar-refractivity contribution in [2.75, 3.05) is 0 Å². The molecule has 0 saturated heterocycles. The first kappa shape index (κ1) is 19.2. The normalized spacial score (nSPS) is 20.0. The number of fused-ring (bicyclic) bond motifs is 1. The van der Waals surface area contributed by atoms with Gasteiger partial charge in [0.15, 0.2) is 0 Å². The zero-order valence-electron chi connectivity index (χ0n) is 13.6. The summed E-state index contributed by atoms with van der Waals surface area (Å²) in [6, 6.07) is 6.45. The highest BCUT2D eigenvalue weighted by atomic mass is 32.2. The van der Waals surface area contributed by atoms with Gasteiger partial charge in [-0.05, 0) is 42.3 Å². The second kappa shape index (κ2) is 6.89. The van der Waals surface area contributed by atoms with Gasteiger partial charge in [-0.2, -0.15) is 13.2 Å². The standard InChI is InChI=1S/C16H14F3NO6S/c17-16(18,19)14-12(15(21)22)7-9-6-11(3-4-13(9)26-14)27(23,24)20-8-10-2-1-5-25-10/h1-6,12,14,20H,7-8H2,(H,21,22). The van der Waals surface area contributed by atoms with Crippen LogP contribution >= 0.6 is 0 Å². The molecular formula is C16H14F3NO6S. The molecule has 27 heavy (non-hydrogen) atoms. The highest BCUT2D eigenvalue weighted by Crippen LogP contribution is 2.39. The minimum Gasteiger partial charge on any atom is -0.481 e. The number of halogens is 3. The Morgan fingerprint density at radius 3 is 2.63 bits per heavy atom. The van der Waals surface area contributed by atoms with E-state index in [2.05, 4.69) is 4.72 Å². The molecule has 11 heteroatoms. The van der Waals surface area contributed by atoms with Crippen molar-refractivity contribution in [1.29, 1.82) is 0 Å². The van der Waals surface area contributed by atoms with E-state index in [-0.39, 0.29) is 22.8 Å². The summed E-state index contributed by atoms with van der Waals surface area (Å²) >= 11 is 0. The average Bonchev–Trinajstić information content (AvgIpc) is 3.11. The summed E-state index contributed by atoms with van der Waals surface area (Å²) in [5, 5.41) is 9.10. The van der Waals surface area contributed by atoms with Gasteiger partial charge in [0.05, 0.1) is 17.7 Å². The number of ether oxygens (including phenoxy) is 1. The van der Waals surface area contributed by atoms with Gasteiger partial charge in [0.2, 0.25) is 16.1 Å². The van der Waals surface area contributed by atoms with Crippen LogP contribution in [0.5, 0.6) is 5.75 Å². The Morgan fingerprint density at radius 2 is 2.04 bits per heavy atom. The number of furan rings is 1. The molecular weight excluding hydrogens is 391 g/mol. The van der Waals surface area contributed by atoms with Crippen molar-refractivity contribution in [2.24, 2.45) is 5.92 Å². The molecule has 2 N–H and O–H groups in total. The summed E-state index contributed by atoms with van der Waals surface area (Å²) in [5.74, 6) is -3.36. The summed E-state index contributed by atoms with van der Waals surface area (Å²) in [6.45, 7) is -0.114. The number of carboxylic acids is 1. The number of aliphatic carboxylic acids is 1. The van der Waals surface area contributed by atoms with Gasteiger partial charge < -0.3 is 14.3 Å². The van der Waals surface area contributed by atoms with Crippen LogP contribution in [0.1, 0.15) is 11.3 Å². The zero-order chi connectivity index (χ0) is 19.8. The van der Waals surface area contributed by atoms with Gasteiger partial charge in [0.25, 0.3) is 0 Å². The summed E-state index contributed by atoms with van der Waals surface area (Å²) in [4.78, 5) is 11.0. The maximum absolute atomic E-state index is 13.0. The number of carbonyl (C=O) groups is 1. The molecule has 0 amide bonds. The van der Waals surface area contributed by atoms with Crippen LogP contribution in [0.2, 0.25) is 0 Å². The van der Waals surface area contributed by atoms with Gasteiger partial charge in [-0.15, -0.1) is 0 Å². The summed E-state index contributed by atoms with van der Waals surface area (Å²) in [5.41, 5.74) is 0.0729. The molecule has 3 rings (SSSR count). The topological polar surface area (TPSA) is 106 Å². The molecule has 2 unspecified atom stereocenters. The summed E-state index contributed by atoms with van der Waals surface area (Å²) in [6.07, 6.45) is -6.49. The smallest absolute Gasteiger partial charge is 0.426 e. The first-order valence-electron chi connectivity index (χ1n) is 7.69. The van der Waals surface area contributed by atoms with Crippen molar-refractivity contribution in [3.63, 3.8) is 0 Å². The van der Waals surface area contributed by atoms with E-state index >= 15 is 0 Å². The maximum atomic E-state index is 13.0. The van der Waals surface area contributed by atoms with Crippen LogP contribution in [0, 0.1) is 5.92 Å². The third kappa shape index (κ3) is 4.08. The lowest BCUT2D eigenvalue weighted by Crippen LogP contribution is -2.47. The van der Waals surface area contributed by atoms with Crippen molar-refractivity contribution in [1.82, 2.24) is 4.72 Å². The van der Waals surface area contributed by atoms with E-state index in [9.17, 15) is 26.4 Å². The zero-order valence-corrected chi connectivity index (χ0v) is 14.4. The molecule has 2 heterocycles. The third-order valence-electron chi connectivity index (χ3n) is 4.06. The molecule has 0 fully saturated rings. The first-order chi connectivity index (χ1) is 12.6. The first-order valence-corrected chi connectivity index (χ1v) is 9.17. The third-order valence-corrected chi connectivity index (χ3v) is 5.46. The molecule has 0 saturated carbocycles. The van der Waals surface area contributed by atoms with Crippen molar-refractivity contribution in [3.05, 3.63) is 47.9 Å². The molecule has 1 aromatic heterocycles. The second-order valence-corrected chi connectivity index (χ2v) is 7.67.